The summed E-state index contributed by atoms with van der Waals surface area (Å²) in [5, 5.41) is 1.42. The maximum Gasteiger partial charge on any atom is 0.0630 e. The smallest absolute Gasteiger partial charge is 0.0630 e. The van der Waals surface area contributed by atoms with Crippen LogP contribution in [0.4, 0.5) is 0 Å². The molecular formula is C7H4BrCl2-. The summed E-state index contributed by atoms with van der Waals surface area (Å²) in [4.78, 5) is 0. The minimum absolute atomic E-state index is 0. The van der Waals surface area contributed by atoms with Gasteiger partial charge in [-0.1, -0.05) is 29.3 Å². The van der Waals surface area contributed by atoms with Crippen molar-refractivity contribution in [2.75, 3.05) is 0 Å². The Bertz CT molecular complexity index is 267. The summed E-state index contributed by atoms with van der Waals surface area (Å²) in [5.74, 6) is 0. The number of hydrogen-bond donors (Lipinski definition) is 0. The molecule has 3 heteroatoms. The zero-order valence-electron chi connectivity index (χ0n) is 5.00. The molecule has 0 unspecified atom stereocenters. The molecule has 1 aliphatic carbocycles. The molecule has 0 saturated heterocycles. The third kappa shape index (κ3) is 1.18. The molecule has 1 aromatic carbocycles. The average Bonchev–Trinajstić information content (AvgIpc) is 2.58. The van der Waals surface area contributed by atoms with Crippen LogP contribution in [0.15, 0.2) is 12.1 Å². The van der Waals surface area contributed by atoms with Crippen LogP contribution < -0.4 is 17.0 Å². The third-order valence-electron chi connectivity index (χ3n) is 1.54. The fourth-order valence-electron chi connectivity index (χ4n) is 0.915. The van der Waals surface area contributed by atoms with Crippen molar-refractivity contribution in [3.63, 3.8) is 0 Å². The number of benzene rings is 1. The fourth-order valence-corrected chi connectivity index (χ4v) is 1.34. The van der Waals surface area contributed by atoms with E-state index in [-0.39, 0.29) is 17.0 Å². The molecule has 0 nitrogen and oxygen atoms in total. The van der Waals surface area contributed by atoms with Gasteiger partial charge in [-0.15, -0.1) is 0 Å². The first-order chi connectivity index (χ1) is 4.29. The van der Waals surface area contributed by atoms with Crippen molar-refractivity contribution in [3.8, 4) is 0 Å². The highest BCUT2D eigenvalue weighted by atomic mass is 79.9. The maximum atomic E-state index is 5.80. The van der Waals surface area contributed by atoms with Crippen LogP contribution in [0.5, 0.6) is 0 Å². The molecule has 0 saturated carbocycles. The van der Waals surface area contributed by atoms with Crippen LogP contribution in [0.1, 0.15) is 11.1 Å². The summed E-state index contributed by atoms with van der Waals surface area (Å²) in [6.45, 7) is 0. The van der Waals surface area contributed by atoms with E-state index in [0.717, 1.165) is 11.4 Å². The first-order valence-electron chi connectivity index (χ1n) is 2.75. The average molecular weight is 239 g/mol. The summed E-state index contributed by atoms with van der Waals surface area (Å²) >= 11 is 11.5. The van der Waals surface area contributed by atoms with Crippen LogP contribution in [0.25, 0.3) is 0 Å². The summed E-state index contributed by atoms with van der Waals surface area (Å²) in [5.41, 5.74) is 2.56. The first kappa shape index (κ1) is 8.38. The van der Waals surface area contributed by atoms with Crippen molar-refractivity contribution in [1.29, 1.82) is 0 Å². The van der Waals surface area contributed by atoms with Gasteiger partial charge >= 0.3 is 0 Å². The second-order valence-corrected chi connectivity index (χ2v) is 2.96. The number of hydrogen-bond acceptors (Lipinski definition) is 0. The Morgan fingerprint density at radius 3 is 2.50 bits per heavy atom. The summed E-state index contributed by atoms with van der Waals surface area (Å²) in [6, 6.07) is 3.86. The molecule has 0 amide bonds. The zero-order chi connectivity index (χ0) is 6.43. The second kappa shape index (κ2) is 2.72. The molecule has 0 heterocycles. The van der Waals surface area contributed by atoms with Crippen molar-refractivity contribution in [2.45, 2.75) is 6.42 Å². The van der Waals surface area contributed by atoms with Gasteiger partial charge in [-0.05, 0) is 23.6 Å². The molecule has 0 aromatic heterocycles. The Morgan fingerprint density at radius 1 is 1.20 bits per heavy atom. The van der Waals surface area contributed by atoms with Crippen LogP contribution in [-0.2, 0) is 6.42 Å². The molecule has 0 N–H and O–H groups in total. The van der Waals surface area contributed by atoms with Gasteiger partial charge in [0.1, 0.15) is 0 Å². The predicted molar refractivity (Wildman–Crippen MR) is 39.3 cm³/mol. The molecule has 0 bridgehead atoms. The zero-order valence-corrected chi connectivity index (χ0v) is 8.09. The molecule has 1 aromatic rings. The van der Waals surface area contributed by atoms with Crippen molar-refractivity contribution in [2.24, 2.45) is 0 Å². The van der Waals surface area contributed by atoms with E-state index < -0.39 is 0 Å². The lowest BCUT2D eigenvalue weighted by Crippen LogP contribution is -3.00. The lowest BCUT2D eigenvalue weighted by molar-refractivity contribution is -0.00000159. The summed E-state index contributed by atoms with van der Waals surface area (Å²) < 4.78 is 0. The van der Waals surface area contributed by atoms with Gasteiger partial charge in [-0.25, -0.2) is 0 Å². The van der Waals surface area contributed by atoms with Crippen LogP contribution >= 0.6 is 23.2 Å². The molecule has 1 aliphatic rings. The molecule has 0 fully saturated rings. The van der Waals surface area contributed by atoms with E-state index in [2.05, 4.69) is 0 Å². The second-order valence-electron chi connectivity index (χ2n) is 2.18. The summed E-state index contributed by atoms with van der Waals surface area (Å²) in [7, 11) is 0. The molecule has 10 heavy (non-hydrogen) atoms. The number of halogens is 3. The molecule has 0 spiro atoms. The lowest BCUT2D eigenvalue weighted by Gasteiger charge is -1.88. The van der Waals surface area contributed by atoms with Gasteiger partial charge in [0.15, 0.2) is 0 Å². The highest BCUT2D eigenvalue weighted by Crippen LogP contribution is 2.38. The van der Waals surface area contributed by atoms with Crippen molar-refractivity contribution < 1.29 is 17.0 Å². The molecule has 0 atom stereocenters. The predicted octanol–water partition coefficient (Wildman–Crippen LogP) is -0.0984. The van der Waals surface area contributed by atoms with E-state index >= 15 is 0 Å². The van der Waals surface area contributed by atoms with E-state index in [1.807, 2.05) is 12.1 Å². The molecule has 2 rings (SSSR count). The molecule has 54 valence electrons. The first-order valence-corrected chi connectivity index (χ1v) is 3.50. The van der Waals surface area contributed by atoms with Crippen LogP contribution in [-0.4, -0.2) is 0 Å². The van der Waals surface area contributed by atoms with E-state index in [9.17, 15) is 0 Å². The van der Waals surface area contributed by atoms with Crippen LogP contribution in [0.3, 0.4) is 0 Å². The SMILES string of the molecule is Clc1ccc2c(c1Cl)C2.[Br-]. The minimum atomic E-state index is 0. The fraction of sp³-hybridized carbons (Fsp3) is 0.143. The largest absolute Gasteiger partial charge is 1.00 e. The van der Waals surface area contributed by atoms with Crippen molar-refractivity contribution in [3.05, 3.63) is 33.3 Å². The van der Waals surface area contributed by atoms with Gasteiger partial charge in [0.25, 0.3) is 0 Å². The topological polar surface area (TPSA) is 0 Å². The van der Waals surface area contributed by atoms with Gasteiger partial charge in [-0.2, -0.15) is 0 Å². The van der Waals surface area contributed by atoms with E-state index in [1.165, 1.54) is 11.1 Å². The lowest BCUT2D eigenvalue weighted by atomic mass is 10.4. The molecular weight excluding hydrogens is 235 g/mol. The van der Waals surface area contributed by atoms with Gasteiger partial charge in [-0.3, -0.25) is 0 Å². The Hall–Kier alpha value is 0.280. The van der Waals surface area contributed by atoms with Crippen molar-refractivity contribution >= 4 is 23.2 Å². The maximum absolute atomic E-state index is 5.80. The summed E-state index contributed by atoms with van der Waals surface area (Å²) in [6.07, 6.45) is 1.03. The highest BCUT2D eigenvalue weighted by Gasteiger charge is 2.21. The van der Waals surface area contributed by atoms with E-state index in [0.29, 0.717) is 5.02 Å². The van der Waals surface area contributed by atoms with Gasteiger partial charge in [0.05, 0.1) is 10.0 Å². The molecule has 0 radical (unpaired) electrons. The van der Waals surface area contributed by atoms with Crippen LogP contribution in [0.2, 0.25) is 10.0 Å². The normalized spacial score (nSPS) is 11.8. The number of rotatable bonds is 0. The van der Waals surface area contributed by atoms with E-state index in [1.54, 1.807) is 0 Å². The van der Waals surface area contributed by atoms with Gasteiger partial charge < -0.3 is 17.0 Å². The van der Waals surface area contributed by atoms with Crippen LogP contribution in [0, 0.1) is 0 Å². The van der Waals surface area contributed by atoms with Gasteiger partial charge in [0.2, 0.25) is 0 Å². The Kier molecular flexibility index (Phi) is 2.28. The minimum Gasteiger partial charge on any atom is -1.00 e. The third-order valence-corrected chi connectivity index (χ3v) is 2.38. The Balaban J connectivity index is 0.000000500. The monoisotopic (exact) mass is 237 g/mol. The van der Waals surface area contributed by atoms with Crippen molar-refractivity contribution in [1.82, 2.24) is 0 Å². The number of fused-ring (bicyclic) bond motifs is 1. The Labute approximate surface area is 79.9 Å². The van der Waals surface area contributed by atoms with Gasteiger partial charge in [0, 0.05) is 0 Å². The Morgan fingerprint density at radius 2 is 1.90 bits per heavy atom. The highest BCUT2D eigenvalue weighted by molar-refractivity contribution is 6.42. The van der Waals surface area contributed by atoms with E-state index in [4.69, 9.17) is 23.2 Å². The molecule has 0 aliphatic heterocycles. The standard InChI is InChI=1S/C7H4Cl2.BrH/c8-6-2-1-4-3-5(4)7(6)9;/h1-2H,3H2;1H/p-1. The quantitative estimate of drug-likeness (QED) is 0.602.